The lowest BCUT2D eigenvalue weighted by atomic mass is 10.2. The van der Waals surface area contributed by atoms with Crippen LogP contribution < -0.4 is 20.5 Å². The summed E-state index contributed by atoms with van der Waals surface area (Å²) in [5.74, 6) is 1.45. The minimum Gasteiger partial charge on any atom is -0.454 e. The van der Waals surface area contributed by atoms with Crippen LogP contribution in [0.4, 0.5) is 17.1 Å². The molecule has 3 rings (SSSR count). The number of ether oxygens (including phenoxy) is 2. The predicted molar refractivity (Wildman–Crippen MR) is 77.4 cm³/mol. The Morgan fingerprint density at radius 3 is 2.76 bits per heavy atom. The van der Waals surface area contributed by atoms with Crippen molar-refractivity contribution in [2.75, 3.05) is 17.8 Å². The third-order valence-electron chi connectivity index (χ3n) is 3.16. The lowest BCUT2D eigenvalue weighted by Gasteiger charge is -2.08. The maximum absolute atomic E-state index is 10.7. The quantitative estimate of drug-likeness (QED) is 0.509. The van der Waals surface area contributed by atoms with Crippen molar-refractivity contribution in [3.8, 4) is 11.5 Å². The maximum Gasteiger partial charge on any atom is 0.292 e. The van der Waals surface area contributed by atoms with E-state index in [1.807, 2.05) is 18.2 Å². The summed E-state index contributed by atoms with van der Waals surface area (Å²) in [4.78, 5) is 10.2. The second-order valence-electron chi connectivity index (χ2n) is 4.57. The second kappa shape index (κ2) is 5.20. The average molecular weight is 287 g/mol. The van der Waals surface area contributed by atoms with Gasteiger partial charge in [-0.3, -0.25) is 10.1 Å². The van der Waals surface area contributed by atoms with E-state index in [0.29, 0.717) is 6.54 Å². The van der Waals surface area contributed by atoms with Gasteiger partial charge in [0, 0.05) is 18.3 Å². The predicted octanol–water partition coefficient (Wildman–Crippen LogP) is 2.52. The van der Waals surface area contributed by atoms with Crippen molar-refractivity contribution >= 4 is 17.1 Å². The monoisotopic (exact) mass is 287 g/mol. The largest absolute Gasteiger partial charge is 0.454 e. The van der Waals surface area contributed by atoms with Crippen LogP contribution in [0, 0.1) is 10.1 Å². The minimum absolute atomic E-state index is 0.0939. The Hall–Kier alpha value is -2.96. The van der Waals surface area contributed by atoms with Gasteiger partial charge in [-0.2, -0.15) is 0 Å². The molecule has 0 saturated carbocycles. The zero-order chi connectivity index (χ0) is 14.8. The van der Waals surface area contributed by atoms with Crippen molar-refractivity contribution < 1.29 is 14.4 Å². The van der Waals surface area contributed by atoms with E-state index in [0.717, 1.165) is 22.7 Å². The molecular formula is C14H13N3O4. The Morgan fingerprint density at radius 1 is 1.19 bits per heavy atom. The van der Waals surface area contributed by atoms with E-state index < -0.39 is 4.92 Å². The molecule has 1 heterocycles. The second-order valence-corrected chi connectivity index (χ2v) is 4.57. The van der Waals surface area contributed by atoms with Crippen molar-refractivity contribution in [1.82, 2.24) is 0 Å². The molecule has 0 radical (unpaired) electrons. The molecule has 0 amide bonds. The van der Waals surface area contributed by atoms with Crippen molar-refractivity contribution in [3.63, 3.8) is 0 Å². The van der Waals surface area contributed by atoms with Crippen LogP contribution in [0.1, 0.15) is 5.56 Å². The van der Waals surface area contributed by atoms with Gasteiger partial charge in [0.05, 0.1) is 4.92 Å². The highest BCUT2D eigenvalue weighted by atomic mass is 16.7. The molecule has 3 N–H and O–H groups in total. The van der Waals surface area contributed by atoms with Gasteiger partial charge in [0.1, 0.15) is 5.69 Å². The van der Waals surface area contributed by atoms with Crippen LogP contribution in [-0.2, 0) is 6.54 Å². The zero-order valence-electron chi connectivity index (χ0n) is 11.0. The van der Waals surface area contributed by atoms with Crippen LogP contribution in [0.3, 0.4) is 0 Å². The fraction of sp³-hybridized carbons (Fsp3) is 0.143. The summed E-state index contributed by atoms with van der Waals surface area (Å²) in [6.45, 7) is 0.791. The van der Waals surface area contributed by atoms with Gasteiger partial charge in [0.25, 0.3) is 5.69 Å². The number of nitro benzene ring substituents is 1. The molecule has 0 aliphatic carbocycles. The van der Waals surface area contributed by atoms with Gasteiger partial charge in [-0.15, -0.1) is 0 Å². The highest BCUT2D eigenvalue weighted by Crippen LogP contribution is 2.32. The van der Waals surface area contributed by atoms with Crippen LogP contribution in [0.15, 0.2) is 36.4 Å². The number of nitrogen functional groups attached to an aromatic ring is 1. The molecule has 0 unspecified atom stereocenters. The molecule has 1 aliphatic rings. The molecule has 2 aromatic carbocycles. The summed E-state index contributed by atoms with van der Waals surface area (Å²) < 4.78 is 10.6. The summed E-state index contributed by atoms with van der Waals surface area (Å²) in [6.07, 6.45) is 0. The van der Waals surface area contributed by atoms with E-state index in [1.165, 1.54) is 6.07 Å². The van der Waals surface area contributed by atoms with Gasteiger partial charge in [-0.25, -0.2) is 0 Å². The molecule has 0 saturated heterocycles. The highest BCUT2D eigenvalue weighted by molar-refractivity contribution is 5.65. The Kier molecular flexibility index (Phi) is 3.23. The van der Waals surface area contributed by atoms with Crippen molar-refractivity contribution in [2.24, 2.45) is 0 Å². The molecule has 108 valence electrons. The molecule has 7 heteroatoms. The lowest BCUT2D eigenvalue weighted by Crippen LogP contribution is -2.01. The molecule has 2 aromatic rings. The van der Waals surface area contributed by atoms with Crippen molar-refractivity contribution in [2.45, 2.75) is 6.54 Å². The van der Waals surface area contributed by atoms with Crippen molar-refractivity contribution in [1.29, 1.82) is 0 Å². The topological polar surface area (TPSA) is 99.7 Å². The number of fused-ring (bicyclic) bond motifs is 1. The normalized spacial score (nSPS) is 12.2. The maximum atomic E-state index is 10.7. The molecule has 0 aromatic heterocycles. The summed E-state index contributed by atoms with van der Waals surface area (Å²) in [6, 6.07) is 10.2. The summed E-state index contributed by atoms with van der Waals surface area (Å²) in [5.41, 5.74) is 7.42. The smallest absolute Gasteiger partial charge is 0.292 e. The SMILES string of the molecule is Nc1cc(NCc2ccc3c(c2)OCO3)ccc1[N+](=O)[O-]. The van der Waals surface area contributed by atoms with Gasteiger partial charge in [-0.1, -0.05) is 6.07 Å². The van der Waals surface area contributed by atoms with Gasteiger partial charge >= 0.3 is 0 Å². The molecule has 7 nitrogen and oxygen atoms in total. The van der Waals surface area contributed by atoms with Crippen LogP contribution >= 0.6 is 0 Å². The summed E-state index contributed by atoms with van der Waals surface area (Å²) >= 11 is 0. The first-order chi connectivity index (χ1) is 10.1. The molecule has 1 aliphatic heterocycles. The number of benzene rings is 2. The van der Waals surface area contributed by atoms with E-state index in [1.54, 1.807) is 12.1 Å². The van der Waals surface area contributed by atoms with Gasteiger partial charge in [0.2, 0.25) is 6.79 Å². The molecular weight excluding hydrogens is 274 g/mol. The summed E-state index contributed by atoms with van der Waals surface area (Å²) in [5, 5.41) is 13.9. The number of hydrogen-bond donors (Lipinski definition) is 2. The first kappa shape index (κ1) is 13.0. The van der Waals surface area contributed by atoms with Crippen LogP contribution in [-0.4, -0.2) is 11.7 Å². The van der Waals surface area contributed by atoms with Crippen LogP contribution in [0.5, 0.6) is 11.5 Å². The van der Waals surface area contributed by atoms with Crippen molar-refractivity contribution in [3.05, 3.63) is 52.1 Å². The minimum atomic E-state index is -0.503. The number of anilines is 2. The third kappa shape index (κ3) is 2.66. The Balaban J connectivity index is 1.70. The number of nitrogens with two attached hydrogens (primary N) is 1. The van der Waals surface area contributed by atoms with E-state index >= 15 is 0 Å². The lowest BCUT2D eigenvalue weighted by molar-refractivity contribution is -0.383. The van der Waals surface area contributed by atoms with E-state index in [4.69, 9.17) is 15.2 Å². The van der Waals surface area contributed by atoms with Crippen LogP contribution in [0.2, 0.25) is 0 Å². The van der Waals surface area contributed by atoms with E-state index in [2.05, 4.69) is 5.32 Å². The number of rotatable bonds is 4. The van der Waals surface area contributed by atoms with Gasteiger partial charge < -0.3 is 20.5 Å². The average Bonchev–Trinajstić information content (AvgIpc) is 2.92. The Bertz CT molecular complexity index is 703. The molecule has 0 fully saturated rings. The summed E-state index contributed by atoms with van der Waals surface area (Å²) in [7, 11) is 0. The Morgan fingerprint density at radius 2 is 2.00 bits per heavy atom. The van der Waals surface area contributed by atoms with Gasteiger partial charge in [0.15, 0.2) is 11.5 Å². The zero-order valence-corrected chi connectivity index (χ0v) is 11.0. The van der Waals surface area contributed by atoms with E-state index in [-0.39, 0.29) is 18.2 Å². The molecule has 0 bridgehead atoms. The first-order valence-corrected chi connectivity index (χ1v) is 6.30. The highest BCUT2D eigenvalue weighted by Gasteiger charge is 2.13. The standard InChI is InChI=1S/C14H13N3O4/c15-11-6-10(2-3-12(11)17(18)19)16-7-9-1-4-13-14(5-9)21-8-20-13/h1-6,16H,7-8,15H2. The Labute approximate surface area is 120 Å². The van der Waals surface area contributed by atoms with E-state index in [9.17, 15) is 10.1 Å². The number of nitrogens with one attached hydrogen (secondary N) is 1. The molecule has 0 spiro atoms. The number of hydrogen-bond acceptors (Lipinski definition) is 6. The number of nitro groups is 1. The molecule has 0 atom stereocenters. The van der Waals surface area contributed by atoms with Gasteiger partial charge in [-0.05, 0) is 29.8 Å². The number of nitrogens with zero attached hydrogens (tertiary/aromatic N) is 1. The van der Waals surface area contributed by atoms with Crippen LogP contribution in [0.25, 0.3) is 0 Å². The molecule has 21 heavy (non-hydrogen) atoms. The first-order valence-electron chi connectivity index (χ1n) is 6.30. The fourth-order valence-electron chi connectivity index (χ4n) is 2.09. The fourth-order valence-corrected chi connectivity index (χ4v) is 2.09. The third-order valence-corrected chi connectivity index (χ3v) is 3.16.